The van der Waals surface area contributed by atoms with Crippen molar-refractivity contribution in [1.29, 1.82) is 0 Å². The summed E-state index contributed by atoms with van der Waals surface area (Å²) in [6.07, 6.45) is 9.01. The van der Waals surface area contributed by atoms with E-state index in [-0.39, 0.29) is 0 Å². The highest BCUT2D eigenvalue weighted by molar-refractivity contribution is 7.11. The molecule has 2 nitrogen and oxygen atoms in total. The van der Waals surface area contributed by atoms with Crippen LogP contribution in [-0.4, -0.2) is 17.6 Å². The van der Waals surface area contributed by atoms with Crippen LogP contribution < -0.4 is 5.32 Å². The van der Waals surface area contributed by atoms with E-state index < -0.39 is 0 Å². The lowest BCUT2D eigenvalue weighted by Crippen LogP contribution is -2.31. The van der Waals surface area contributed by atoms with Gasteiger partial charge < -0.3 is 5.32 Å². The van der Waals surface area contributed by atoms with Crippen molar-refractivity contribution in [3.8, 4) is 0 Å². The number of aromatic nitrogens is 1. The van der Waals surface area contributed by atoms with Gasteiger partial charge in [-0.05, 0) is 33.2 Å². The van der Waals surface area contributed by atoms with Crippen LogP contribution >= 0.6 is 11.3 Å². The summed E-state index contributed by atoms with van der Waals surface area (Å²) in [5.74, 6) is 0. The summed E-state index contributed by atoms with van der Waals surface area (Å²) in [7, 11) is 0. The van der Waals surface area contributed by atoms with E-state index in [1.54, 1.807) is 0 Å². The van der Waals surface area contributed by atoms with Gasteiger partial charge in [0.05, 0.1) is 10.7 Å². The second-order valence-electron chi connectivity index (χ2n) is 5.45. The summed E-state index contributed by atoms with van der Waals surface area (Å²) in [4.78, 5) is 6.05. The molecule has 0 bridgehead atoms. The third-order valence-corrected chi connectivity index (χ3v) is 4.68. The molecular formula is C16H30N2S. The Morgan fingerprint density at radius 3 is 2.47 bits per heavy atom. The fraction of sp³-hybridized carbons (Fsp3) is 0.812. The minimum atomic E-state index is 0.613. The van der Waals surface area contributed by atoms with E-state index in [2.05, 4.69) is 38.0 Å². The van der Waals surface area contributed by atoms with Crippen LogP contribution in [-0.2, 0) is 6.42 Å². The van der Waals surface area contributed by atoms with Gasteiger partial charge in [-0.1, -0.05) is 39.5 Å². The molecule has 110 valence electrons. The maximum Gasteiger partial charge on any atom is 0.0946 e. The van der Waals surface area contributed by atoms with Crippen molar-refractivity contribution in [3.05, 3.63) is 15.6 Å². The van der Waals surface area contributed by atoms with Crippen molar-refractivity contribution in [1.82, 2.24) is 10.3 Å². The number of hydrogen-bond acceptors (Lipinski definition) is 3. The second-order valence-corrected chi connectivity index (χ2v) is 6.74. The first-order valence-corrected chi connectivity index (χ1v) is 8.65. The Kier molecular flexibility index (Phi) is 8.31. The summed E-state index contributed by atoms with van der Waals surface area (Å²) in [6, 6.07) is 0.613. The molecule has 0 aliphatic heterocycles. The zero-order chi connectivity index (χ0) is 14.1. The lowest BCUT2D eigenvalue weighted by atomic mass is 10.0. The van der Waals surface area contributed by atoms with Crippen LogP contribution in [0.1, 0.15) is 68.0 Å². The molecule has 0 spiro atoms. The fourth-order valence-electron chi connectivity index (χ4n) is 2.28. The van der Waals surface area contributed by atoms with Gasteiger partial charge in [-0.2, -0.15) is 0 Å². The Balaban J connectivity index is 2.43. The Labute approximate surface area is 123 Å². The van der Waals surface area contributed by atoms with E-state index in [0.29, 0.717) is 6.04 Å². The molecule has 1 atom stereocenters. The van der Waals surface area contributed by atoms with Gasteiger partial charge in [0.2, 0.25) is 0 Å². The number of hydrogen-bond donors (Lipinski definition) is 1. The lowest BCUT2D eigenvalue weighted by molar-refractivity contribution is 0.452. The van der Waals surface area contributed by atoms with Crippen molar-refractivity contribution in [2.24, 2.45) is 0 Å². The van der Waals surface area contributed by atoms with Crippen LogP contribution in [0.2, 0.25) is 0 Å². The van der Waals surface area contributed by atoms with Crippen LogP contribution in [0.4, 0.5) is 0 Å². The first-order chi connectivity index (χ1) is 9.17. The molecule has 0 saturated carbocycles. The molecule has 0 saturated heterocycles. The summed E-state index contributed by atoms with van der Waals surface area (Å²) >= 11 is 1.87. The predicted octanol–water partition coefficient (Wildman–Crippen LogP) is 4.64. The quantitative estimate of drug-likeness (QED) is 0.632. The van der Waals surface area contributed by atoms with Crippen LogP contribution in [0.5, 0.6) is 0 Å². The lowest BCUT2D eigenvalue weighted by Gasteiger charge is -2.17. The van der Waals surface area contributed by atoms with E-state index in [4.69, 9.17) is 0 Å². The van der Waals surface area contributed by atoms with Crippen molar-refractivity contribution >= 4 is 11.3 Å². The van der Waals surface area contributed by atoms with Crippen LogP contribution in [0, 0.1) is 13.8 Å². The normalized spacial score (nSPS) is 12.8. The minimum absolute atomic E-state index is 0.613. The summed E-state index contributed by atoms with van der Waals surface area (Å²) < 4.78 is 0. The average molecular weight is 282 g/mol. The Morgan fingerprint density at radius 2 is 1.89 bits per heavy atom. The zero-order valence-corrected chi connectivity index (χ0v) is 13.9. The fourth-order valence-corrected chi connectivity index (χ4v) is 3.29. The molecule has 0 radical (unpaired) electrons. The topological polar surface area (TPSA) is 24.9 Å². The minimum Gasteiger partial charge on any atom is -0.314 e. The van der Waals surface area contributed by atoms with Gasteiger partial charge in [-0.15, -0.1) is 11.3 Å². The number of aryl methyl sites for hydroxylation is 2. The molecular weight excluding hydrogens is 252 g/mol. The highest BCUT2D eigenvalue weighted by Gasteiger charge is 2.12. The number of nitrogens with one attached hydrogen (secondary N) is 1. The van der Waals surface area contributed by atoms with Crippen LogP contribution in [0.15, 0.2) is 0 Å². The molecule has 1 aromatic rings. The number of rotatable bonds is 10. The van der Waals surface area contributed by atoms with Crippen molar-refractivity contribution in [3.63, 3.8) is 0 Å². The van der Waals surface area contributed by atoms with Gasteiger partial charge in [-0.3, -0.25) is 0 Å². The third-order valence-electron chi connectivity index (χ3n) is 3.58. The molecule has 1 aromatic heterocycles. The predicted molar refractivity (Wildman–Crippen MR) is 86.1 cm³/mol. The summed E-state index contributed by atoms with van der Waals surface area (Å²) in [5, 5.41) is 4.99. The van der Waals surface area contributed by atoms with E-state index in [9.17, 15) is 0 Å². The molecule has 0 amide bonds. The van der Waals surface area contributed by atoms with Gasteiger partial charge in [0, 0.05) is 17.3 Å². The van der Waals surface area contributed by atoms with E-state index in [0.717, 1.165) is 13.0 Å². The SMILES string of the molecule is CCCCCCC(Cc1nc(C)c(C)s1)NCCC. The van der Waals surface area contributed by atoms with Gasteiger partial charge in [0.25, 0.3) is 0 Å². The van der Waals surface area contributed by atoms with Gasteiger partial charge >= 0.3 is 0 Å². The summed E-state index contributed by atoms with van der Waals surface area (Å²) in [5.41, 5.74) is 1.21. The van der Waals surface area contributed by atoms with Crippen molar-refractivity contribution in [2.45, 2.75) is 78.7 Å². The van der Waals surface area contributed by atoms with Crippen LogP contribution in [0.3, 0.4) is 0 Å². The molecule has 0 aromatic carbocycles. The molecule has 3 heteroatoms. The van der Waals surface area contributed by atoms with Gasteiger partial charge in [0.1, 0.15) is 0 Å². The summed E-state index contributed by atoms with van der Waals surface area (Å²) in [6.45, 7) is 9.92. The standard InChI is InChI=1S/C16H30N2S/c1-5-7-8-9-10-15(17-11-6-2)12-16-18-13(3)14(4)19-16/h15,17H,5-12H2,1-4H3. The number of thiazole rings is 1. The monoisotopic (exact) mass is 282 g/mol. The van der Waals surface area contributed by atoms with Gasteiger partial charge in [0.15, 0.2) is 0 Å². The van der Waals surface area contributed by atoms with E-state index >= 15 is 0 Å². The maximum atomic E-state index is 4.68. The van der Waals surface area contributed by atoms with Gasteiger partial charge in [-0.25, -0.2) is 4.98 Å². The van der Waals surface area contributed by atoms with Crippen molar-refractivity contribution < 1.29 is 0 Å². The molecule has 1 heterocycles. The molecule has 0 aliphatic carbocycles. The third kappa shape index (κ3) is 6.53. The largest absolute Gasteiger partial charge is 0.314 e. The highest BCUT2D eigenvalue weighted by Crippen LogP contribution is 2.19. The number of nitrogens with zero attached hydrogens (tertiary/aromatic N) is 1. The smallest absolute Gasteiger partial charge is 0.0946 e. The Morgan fingerprint density at radius 1 is 1.11 bits per heavy atom. The second kappa shape index (κ2) is 9.49. The molecule has 1 N–H and O–H groups in total. The zero-order valence-electron chi connectivity index (χ0n) is 13.1. The Hall–Kier alpha value is -0.410. The highest BCUT2D eigenvalue weighted by atomic mass is 32.1. The van der Waals surface area contributed by atoms with Crippen molar-refractivity contribution in [2.75, 3.05) is 6.54 Å². The molecule has 0 fully saturated rings. The van der Waals surface area contributed by atoms with Crippen LogP contribution in [0.25, 0.3) is 0 Å². The number of unbranched alkanes of at least 4 members (excludes halogenated alkanes) is 3. The molecule has 0 aliphatic rings. The maximum absolute atomic E-state index is 4.68. The first-order valence-electron chi connectivity index (χ1n) is 7.83. The Bertz CT molecular complexity index is 327. The van der Waals surface area contributed by atoms with E-state index in [1.165, 1.54) is 54.1 Å². The molecule has 19 heavy (non-hydrogen) atoms. The average Bonchev–Trinajstić information content (AvgIpc) is 2.70. The van der Waals surface area contributed by atoms with E-state index in [1.807, 2.05) is 11.3 Å². The molecule has 1 unspecified atom stereocenters. The molecule has 1 rings (SSSR count). The first kappa shape index (κ1) is 16.6.